The van der Waals surface area contributed by atoms with Crippen molar-refractivity contribution in [1.29, 1.82) is 0 Å². The molecule has 0 spiro atoms. The van der Waals surface area contributed by atoms with E-state index in [0.29, 0.717) is 12.0 Å². The number of benzene rings is 1. The monoisotopic (exact) mass is 285 g/mol. The molecule has 0 fully saturated rings. The maximum atomic E-state index is 13.0. The van der Waals surface area contributed by atoms with Crippen LogP contribution < -0.4 is 5.73 Å². The summed E-state index contributed by atoms with van der Waals surface area (Å²) in [7, 11) is 0. The summed E-state index contributed by atoms with van der Waals surface area (Å²) in [4.78, 5) is 0. The molecule has 1 aromatic carbocycles. The molecule has 2 N–H and O–H groups in total. The van der Waals surface area contributed by atoms with Crippen LogP contribution >= 0.6 is 12.4 Å². The second-order valence-corrected chi connectivity index (χ2v) is 4.47. The average Bonchev–Trinajstić information content (AvgIpc) is 2.15. The molecule has 0 aliphatic rings. The lowest BCUT2D eigenvalue weighted by Crippen LogP contribution is -2.15. The summed E-state index contributed by atoms with van der Waals surface area (Å²) in [6, 6.07) is 2.41. The molecule has 1 aromatic rings. The van der Waals surface area contributed by atoms with E-state index < -0.39 is 23.6 Å². The Labute approximate surface area is 110 Å². The predicted octanol–water partition coefficient (Wildman–Crippen LogP) is 4.31. The molecule has 0 bridgehead atoms. The van der Waals surface area contributed by atoms with Crippen molar-refractivity contribution < 1.29 is 17.6 Å². The number of alkyl halides is 3. The maximum absolute atomic E-state index is 13.0. The van der Waals surface area contributed by atoms with Crippen LogP contribution in [0.15, 0.2) is 18.2 Å². The summed E-state index contributed by atoms with van der Waals surface area (Å²) in [5.74, 6) is -0.998. The molecule has 0 aromatic heterocycles. The maximum Gasteiger partial charge on any atom is 0.419 e. The molecular weight excluding hydrogens is 270 g/mol. The zero-order valence-corrected chi connectivity index (χ0v) is 10.9. The van der Waals surface area contributed by atoms with Gasteiger partial charge < -0.3 is 5.73 Å². The van der Waals surface area contributed by atoms with E-state index in [4.69, 9.17) is 5.73 Å². The molecule has 0 aliphatic carbocycles. The topological polar surface area (TPSA) is 26.0 Å². The summed E-state index contributed by atoms with van der Waals surface area (Å²) >= 11 is 0. The molecule has 0 saturated heterocycles. The Hall–Kier alpha value is -0.810. The Morgan fingerprint density at radius 1 is 1.22 bits per heavy atom. The third kappa shape index (κ3) is 4.46. The van der Waals surface area contributed by atoms with Gasteiger partial charge in [-0.25, -0.2) is 4.39 Å². The highest BCUT2D eigenvalue weighted by atomic mass is 35.5. The van der Waals surface area contributed by atoms with Crippen molar-refractivity contribution in [2.45, 2.75) is 32.5 Å². The highest BCUT2D eigenvalue weighted by Crippen LogP contribution is 2.33. The number of halogens is 5. The van der Waals surface area contributed by atoms with Crippen LogP contribution in [-0.2, 0) is 6.18 Å². The molecule has 1 rings (SSSR count). The normalized spacial score (nSPS) is 13.3. The number of nitrogens with two attached hydrogens (primary N) is 1. The van der Waals surface area contributed by atoms with Gasteiger partial charge in [0.15, 0.2) is 0 Å². The van der Waals surface area contributed by atoms with Crippen molar-refractivity contribution >= 4 is 12.4 Å². The first kappa shape index (κ1) is 17.2. The minimum atomic E-state index is -4.68. The van der Waals surface area contributed by atoms with E-state index in [9.17, 15) is 17.6 Å². The molecule has 0 unspecified atom stereocenters. The van der Waals surface area contributed by atoms with Crippen molar-refractivity contribution in [2.24, 2.45) is 11.7 Å². The van der Waals surface area contributed by atoms with Gasteiger partial charge in [-0.2, -0.15) is 13.2 Å². The average molecular weight is 286 g/mol. The zero-order chi connectivity index (χ0) is 13.2. The van der Waals surface area contributed by atoms with Crippen LogP contribution in [0.1, 0.15) is 37.4 Å². The zero-order valence-electron chi connectivity index (χ0n) is 10.1. The van der Waals surface area contributed by atoms with Crippen LogP contribution in [0.3, 0.4) is 0 Å². The fraction of sp³-hybridized carbons (Fsp3) is 0.500. The number of hydrogen-bond acceptors (Lipinski definition) is 1. The summed E-state index contributed by atoms with van der Waals surface area (Å²) in [6.45, 7) is 3.85. The Morgan fingerprint density at radius 2 is 1.78 bits per heavy atom. The second-order valence-electron chi connectivity index (χ2n) is 4.47. The molecule has 1 nitrogen and oxygen atoms in total. The Bertz CT molecular complexity index is 390. The van der Waals surface area contributed by atoms with Crippen LogP contribution in [-0.4, -0.2) is 0 Å². The lowest BCUT2D eigenvalue weighted by molar-refractivity contribution is -0.140. The van der Waals surface area contributed by atoms with Crippen molar-refractivity contribution in [3.63, 3.8) is 0 Å². The predicted molar refractivity (Wildman–Crippen MR) is 65.0 cm³/mol. The minimum Gasteiger partial charge on any atom is -0.324 e. The lowest BCUT2D eigenvalue weighted by atomic mass is 9.96. The van der Waals surface area contributed by atoms with Crippen LogP contribution in [0, 0.1) is 11.7 Å². The van der Waals surface area contributed by atoms with Crippen molar-refractivity contribution in [3.8, 4) is 0 Å². The third-order valence-electron chi connectivity index (χ3n) is 2.45. The standard InChI is InChI=1S/C12H15F4N.ClH/c1-7(2)5-11(17)8-3-4-10(13)9(6-8)12(14,15)16;/h3-4,6-7,11H,5,17H2,1-2H3;1H/t11-;/m0./s1. The first-order valence-electron chi connectivity index (χ1n) is 5.34. The van der Waals surface area contributed by atoms with Gasteiger partial charge in [-0.05, 0) is 30.0 Å². The molecule has 0 saturated carbocycles. The van der Waals surface area contributed by atoms with Gasteiger partial charge in [0.1, 0.15) is 5.82 Å². The molecule has 0 heterocycles. The Morgan fingerprint density at radius 3 is 2.22 bits per heavy atom. The molecule has 0 radical (unpaired) electrons. The highest BCUT2D eigenvalue weighted by Gasteiger charge is 2.34. The van der Waals surface area contributed by atoms with Gasteiger partial charge >= 0.3 is 6.18 Å². The van der Waals surface area contributed by atoms with E-state index in [-0.39, 0.29) is 18.3 Å². The molecule has 6 heteroatoms. The van der Waals surface area contributed by atoms with Crippen LogP contribution in [0.4, 0.5) is 17.6 Å². The third-order valence-corrected chi connectivity index (χ3v) is 2.45. The van der Waals surface area contributed by atoms with Gasteiger partial charge in [0.25, 0.3) is 0 Å². The van der Waals surface area contributed by atoms with Gasteiger partial charge in [0.2, 0.25) is 0 Å². The van der Waals surface area contributed by atoms with Gasteiger partial charge in [-0.3, -0.25) is 0 Å². The van der Waals surface area contributed by atoms with Crippen LogP contribution in [0.2, 0.25) is 0 Å². The Kier molecular flexibility index (Phi) is 6.10. The molecule has 1 atom stereocenters. The van der Waals surface area contributed by atoms with E-state index in [0.717, 1.165) is 12.1 Å². The first-order chi connectivity index (χ1) is 7.71. The lowest BCUT2D eigenvalue weighted by Gasteiger charge is -2.16. The minimum absolute atomic E-state index is 0. The smallest absolute Gasteiger partial charge is 0.324 e. The van der Waals surface area contributed by atoms with E-state index >= 15 is 0 Å². The molecule has 104 valence electrons. The highest BCUT2D eigenvalue weighted by molar-refractivity contribution is 5.85. The second kappa shape index (κ2) is 6.38. The van der Waals surface area contributed by atoms with Crippen molar-refractivity contribution in [1.82, 2.24) is 0 Å². The van der Waals surface area contributed by atoms with Gasteiger partial charge in [0, 0.05) is 6.04 Å². The van der Waals surface area contributed by atoms with Gasteiger partial charge in [-0.15, -0.1) is 12.4 Å². The van der Waals surface area contributed by atoms with E-state index in [2.05, 4.69) is 0 Å². The number of hydrogen-bond donors (Lipinski definition) is 1. The molecule has 0 aliphatic heterocycles. The van der Waals surface area contributed by atoms with Crippen LogP contribution in [0.5, 0.6) is 0 Å². The van der Waals surface area contributed by atoms with Gasteiger partial charge in [0.05, 0.1) is 5.56 Å². The van der Waals surface area contributed by atoms with Crippen molar-refractivity contribution in [2.75, 3.05) is 0 Å². The summed E-state index contributed by atoms with van der Waals surface area (Å²) in [5, 5.41) is 0. The Balaban J connectivity index is 0.00000289. The summed E-state index contributed by atoms with van der Waals surface area (Å²) < 4.78 is 50.5. The fourth-order valence-corrected chi connectivity index (χ4v) is 1.63. The summed E-state index contributed by atoms with van der Waals surface area (Å²) in [6.07, 6.45) is -4.12. The van der Waals surface area contributed by atoms with Crippen LogP contribution in [0.25, 0.3) is 0 Å². The SMILES string of the molecule is CC(C)C[C@H](N)c1ccc(F)c(C(F)(F)F)c1.Cl. The van der Waals surface area contributed by atoms with E-state index in [1.54, 1.807) is 0 Å². The van der Waals surface area contributed by atoms with E-state index in [1.807, 2.05) is 13.8 Å². The van der Waals surface area contributed by atoms with E-state index in [1.165, 1.54) is 6.07 Å². The summed E-state index contributed by atoms with van der Waals surface area (Å²) in [5.41, 5.74) is 4.83. The molecule has 0 amide bonds. The molecular formula is C12H16ClF4N. The largest absolute Gasteiger partial charge is 0.419 e. The fourth-order valence-electron chi connectivity index (χ4n) is 1.63. The molecule has 18 heavy (non-hydrogen) atoms. The number of rotatable bonds is 3. The van der Waals surface area contributed by atoms with Gasteiger partial charge in [-0.1, -0.05) is 19.9 Å². The first-order valence-corrected chi connectivity index (χ1v) is 5.34. The van der Waals surface area contributed by atoms with Crippen molar-refractivity contribution in [3.05, 3.63) is 35.1 Å². The quantitative estimate of drug-likeness (QED) is 0.823.